The Hall–Kier alpha value is -3.06. The highest BCUT2D eigenvalue weighted by Crippen LogP contribution is 2.38. The quantitative estimate of drug-likeness (QED) is 0.495. The summed E-state index contributed by atoms with van der Waals surface area (Å²) in [6.07, 6.45) is 0. The van der Waals surface area contributed by atoms with Gasteiger partial charge in [0.15, 0.2) is 5.11 Å². The van der Waals surface area contributed by atoms with Crippen LogP contribution in [0.25, 0.3) is 17.0 Å². The summed E-state index contributed by atoms with van der Waals surface area (Å²) in [6, 6.07) is 12.3. The number of allylic oxidation sites excluding steroid dienone is 1. The van der Waals surface area contributed by atoms with Gasteiger partial charge in [0.2, 0.25) is 5.82 Å². The summed E-state index contributed by atoms with van der Waals surface area (Å²) in [4.78, 5) is 6.72. The normalized spacial score (nSPS) is 16.7. The van der Waals surface area contributed by atoms with Crippen LogP contribution in [-0.2, 0) is 0 Å². The highest BCUT2D eigenvalue weighted by Gasteiger charge is 2.34. The third-order valence-corrected chi connectivity index (χ3v) is 6.09. The molecule has 1 aromatic heterocycles. The summed E-state index contributed by atoms with van der Waals surface area (Å²) >= 11 is 5.73. The molecule has 1 atom stereocenters. The Morgan fingerprint density at radius 3 is 2.59 bits per heavy atom. The standard InChI is InChI=1S/C25H27FN4OS/c1-14(2)13-30-17(5)21(22(27-25(30)32)18-10-9-15(3)16(4)11-18)24-28-23(29-31-24)19-7-6-8-20(26)12-19/h6-12,14,22H,13H2,1-5H3,(H,27,32). The molecular formula is C25H27FN4OS. The molecule has 5 nitrogen and oxygen atoms in total. The first-order valence-electron chi connectivity index (χ1n) is 10.7. The molecule has 2 heterocycles. The number of hydrogen-bond acceptors (Lipinski definition) is 4. The molecule has 7 heteroatoms. The van der Waals surface area contributed by atoms with Crippen LogP contribution in [0.5, 0.6) is 0 Å². The van der Waals surface area contributed by atoms with Crippen molar-refractivity contribution in [3.63, 3.8) is 0 Å². The van der Waals surface area contributed by atoms with Crippen LogP contribution < -0.4 is 5.32 Å². The lowest BCUT2D eigenvalue weighted by atomic mass is 9.92. The number of rotatable bonds is 5. The smallest absolute Gasteiger partial charge is 0.258 e. The van der Waals surface area contributed by atoms with Crippen molar-refractivity contribution in [2.75, 3.05) is 6.54 Å². The fourth-order valence-electron chi connectivity index (χ4n) is 3.92. The lowest BCUT2D eigenvalue weighted by molar-refractivity contribution is 0.386. The molecule has 0 amide bonds. The van der Waals surface area contributed by atoms with E-state index in [9.17, 15) is 4.39 Å². The summed E-state index contributed by atoms with van der Waals surface area (Å²) in [5.74, 6) is 0.815. The number of benzene rings is 2. The van der Waals surface area contributed by atoms with Crippen LogP contribution in [0, 0.1) is 25.6 Å². The van der Waals surface area contributed by atoms with E-state index >= 15 is 0 Å². The minimum absolute atomic E-state index is 0.231. The van der Waals surface area contributed by atoms with E-state index in [-0.39, 0.29) is 11.9 Å². The van der Waals surface area contributed by atoms with E-state index in [1.165, 1.54) is 23.3 Å². The van der Waals surface area contributed by atoms with E-state index in [0.29, 0.717) is 28.3 Å². The number of thiocarbonyl (C=S) groups is 1. The Balaban J connectivity index is 1.83. The van der Waals surface area contributed by atoms with Gasteiger partial charge in [-0.3, -0.25) is 0 Å². The van der Waals surface area contributed by atoms with Gasteiger partial charge in [0.25, 0.3) is 5.89 Å². The maximum absolute atomic E-state index is 13.7. The van der Waals surface area contributed by atoms with Crippen molar-refractivity contribution in [1.29, 1.82) is 0 Å². The van der Waals surface area contributed by atoms with Crippen molar-refractivity contribution in [2.24, 2.45) is 5.92 Å². The van der Waals surface area contributed by atoms with Gasteiger partial charge in [0.1, 0.15) is 5.82 Å². The molecule has 1 unspecified atom stereocenters. The molecule has 0 bridgehead atoms. The lowest BCUT2D eigenvalue weighted by Crippen LogP contribution is -2.47. The zero-order valence-electron chi connectivity index (χ0n) is 18.9. The predicted molar refractivity (Wildman–Crippen MR) is 128 cm³/mol. The first-order chi connectivity index (χ1) is 15.2. The average molecular weight is 451 g/mol. The average Bonchev–Trinajstić information content (AvgIpc) is 3.22. The van der Waals surface area contributed by atoms with Crippen LogP contribution in [0.3, 0.4) is 0 Å². The third kappa shape index (κ3) is 4.30. The van der Waals surface area contributed by atoms with Crippen LogP contribution in [-0.4, -0.2) is 26.7 Å². The predicted octanol–water partition coefficient (Wildman–Crippen LogP) is 5.81. The van der Waals surface area contributed by atoms with Gasteiger partial charge in [-0.05, 0) is 67.7 Å². The summed E-state index contributed by atoms with van der Waals surface area (Å²) in [5, 5.41) is 8.29. The number of hydrogen-bond donors (Lipinski definition) is 1. The van der Waals surface area contributed by atoms with E-state index in [1.54, 1.807) is 12.1 Å². The highest BCUT2D eigenvalue weighted by atomic mass is 32.1. The van der Waals surface area contributed by atoms with E-state index < -0.39 is 0 Å². The molecular weight excluding hydrogens is 423 g/mol. The fraction of sp³-hybridized carbons (Fsp3) is 0.320. The maximum Gasteiger partial charge on any atom is 0.258 e. The molecule has 0 saturated carbocycles. The minimum atomic E-state index is -0.343. The molecule has 0 fully saturated rings. The van der Waals surface area contributed by atoms with Gasteiger partial charge >= 0.3 is 0 Å². The van der Waals surface area contributed by atoms with Crippen molar-refractivity contribution >= 4 is 22.9 Å². The molecule has 166 valence electrons. The number of nitrogens with zero attached hydrogens (tertiary/aromatic N) is 3. The van der Waals surface area contributed by atoms with Crippen molar-refractivity contribution < 1.29 is 8.91 Å². The van der Waals surface area contributed by atoms with Gasteiger partial charge in [-0.15, -0.1) is 0 Å². The maximum atomic E-state index is 13.7. The largest absolute Gasteiger partial charge is 0.351 e. The van der Waals surface area contributed by atoms with Gasteiger partial charge in [-0.25, -0.2) is 4.39 Å². The third-order valence-electron chi connectivity index (χ3n) is 5.75. The first-order valence-corrected chi connectivity index (χ1v) is 11.1. The Labute approximate surface area is 193 Å². The van der Waals surface area contributed by atoms with Crippen LogP contribution >= 0.6 is 12.2 Å². The van der Waals surface area contributed by atoms with E-state index in [2.05, 4.69) is 66.3 Å². The molecule has 0 aliphatic carbocycles. The second kappa shape index (κ2) is 8.82. The Morgan fingerprint density at radius 2 is 1.91 bits per heavy atom. The Bertz CT molecular complexity index is 1200. The van der Waals surface area contributed by atoms with E-state index in [0.717, 1.165) is 23.4 Å². The van der Waals surface area contributed by atoms with Gasteiger partial charge in [0, 0.05) is 17.8 Å². The molecule has 4 rings (SSSR count). The van der Waals surface area contributed by atoms with E-state index in [1.807, 2.05) is 6.92 Å². The number of halogens is 1. The topological polar surface area (TPSA) is 54.2 Å². The second-order valence-corrected chi connectivity index (χ2v) is 9.05. The molecule has 1 aliphatic rings. The molecule has 1 aliphatic heterocycles. The molecule has 2 aromatic carbocycles. The first kappa shape index (κ1) is 22.1. The number of nitrogens with one attached hydrogen (secondary N) is 1. The SMILES string of the molecule is CC1=C(c2nc(-c3cccc(F)c3)no2)C(c2ccc(C)c(C)c2)NC(=S)N1CC(C)C. The molecule has 32 heavy (non-hydrogen) atoms. The van der Waals surface area contributed by atoms with Crippen LogP contribution in [0.1, 0.15) is 49.4 Å². The fourth-order valence-corrected chi connectivity index (χ4v) is 4.24. The summed E-state index contributed by atoms with van der Waals surface area (Å²) in [6.45, 7) is 11.3. The van der Waals surface area contributed by atoms with Crippen molar-refractivity contribution in [3.8, 4) is 11.4 Å². The summed E-state index contributed by atoms with van der Waals surface area (Å²) < 4.78 is 19.4. The molecule has 1 N–H and O–H groups in total. The highest BCUT2D eigenvalue weighted by molar-refractivity contribution is 7.80. The van der Waals surface area contributed by atoms with Crippen molar-refractivity contribution in [1.82, 2.24) is 20.4 Å². The summed E-state index contributed by atoms with van der Waals surface area (Å²) in [5.41, 5.74) is 5.90. The zero-order chi connectivity index (χ0) is 23.0. The van der Waals surface area contributed by atoms with Crippen LogP contribution in [0.15, 0.2) is 52.7 Å². The van der Waals surface area contributed by atoms with Crippen molar-refractivity contribution in [2.45, 2.75) is 40.7 Å². The van der Waals surface area contributed by atoms with E-state index in [4.69, 9.17) is 16.7 Å². The van der Waals surface area contributed by atoms with Crippen LogP contribution in [0.2, 0.25) is 0 Å². The van der Waals surface area contributed by atoms with Gasteiger partial charge in [0.05, 0.1) is 11.6 Å². The van der Waals surface area contributed by atoms with Crippen molar-refractivity contribution in [3.05, 3.63) is 76.6 Å². The lowest BCUT2D eigenvalue weighted by Gasteiger charge is -2.38. The molecule has 3 aromatic rings. The minimum Gasteiger partial charge on any atom is -0.351 e. The monoisotopic (exact) mass is 450 g/mol. The van der Waals surface area contributed by atoms with Crippen LogP contribution in [0.4, 0.5) is 4.39 Å². The number of aromatic nitrogens is 2. The number of aryl methyl sites for hydroxylation is 2. The Kier molecular flexibility index (Phi) is 6.11. The zero-order valence-corrected chi connectivity index (χ0v) is 19.8. The Morgan fingerprint density at radius 1 is 1.12 bits per heavy atom. The second-order valence-electron chi connectivity index (χ2n) is 8.66. The van der Waals surface area contributed by atoms with Gasteiger partial charge < -0.3 is 14.7 Å². The summed E-state index contributed by atoms with van der Waals surface area (Å²) in [7, 11) is 0. The van der Waals surface area contributed by atoms with Gasteiger partial charge in [-0.1, -0.05) is 49.3 Å². The van der Waals surface area contributed by atoms with Gasteiger partial charge in [-0.2, -0.15) is 4.98 Å². The molecule has 0 spiro atoms. The molecule has 0 radical (unpaired) electrons. The molecule has 0 saturated heterocycles.